The highest BCUT2D eigenvalue weighted by Gasteiger charge is 2.17. The summed E-state index contributed by atoms with van der Waals surface area (Å²) >= 11 is 0. The monoisotopic (exact) mass is 250 g/mol. The number of aliphatic hydroxyl groups excluding tert-OH is 1. The summed E-state index contributed by atoms with van der Waals surface area (Å²) < 4.78 is 11.0. The Balaban J connectivity index is 1.83. The average molecular weight is 250 g/mol. The molecule has 0 aliphatic carbocycles. The van der Waals surface area contributed by atoms with Crippen LogP contribution in [0.15, 0.2) is 18.2 Å². The number of aryl methyl sites for hydroxylation is 2. The van der Waals surface area contributed by atoms with Crippen molar-refractivity contribution < 1.29 is 14.6 Å². The molecule has 0 radical (unpaired) electrons. The van der Waals surface area contributed by atoms with Crippen LogP contribution in [0, 0.1) is 13.8 Å². The average Bonchev–Trinajstić information content (AvgIpc) is 2.85. The fraction of sp³-hybridized carbons (Fsp3) is 0.600. The van der Waals surface area contributed by atoms with Crippen LogP contribution < -0.4 is 0 Å². The van der Waals surface area contributed by atoms with Crippen molar-refractivity contribution in [2.45, 2.75) is 38.9 Å². The molecule has 0 bridgehead atoms. The predicted molar refractivity (Wildman–Crippen MR) is 70.7 cm³/mol. The Morgan fingerprint density at radius 1 is 1.44 bits per heavy atom. The van der Waals surface area contributed by atoms with Gasteiger partial charge in [0.25, 0.3) is 0 Å². The van der Waals surface area contributed by atoms with Gasteiger partial charge in [-0.05, 0) is 37.8 Å². The Morgan fingerprint density at radius 3 is 3.00 bits per heavy atom. The van der Waals surface area contributed by atoms with Crippen molar-refractivity contribution in [2.75, 3.05) is 19.8 Å². The standard InChI is InChI=1S/C15H22O3/c1-11-5-6-12(2)14(8-11)15(16)10-17-9-13-4-3-7-18-13/h5-6,8,13,15-16H,3-4,7,9-10H2,1-2H3. The van der Waals surface area contributed by atoms with Gasteiger partial charge in [0.05, 0.1) is 19.3 Å². The van der Waals surface area contributed by atoms with E-state index in [0.29, 0.717) is 13.2 Å². The minimum Gasteiger partial charge on any atom is -0.386 e. The zero-order valence-electron chi connectivity index (χ0n) is 11.2. The SMILES string of the molecule is Cc1ccc(C)c(C(O)COCC2CCCO2)c1. The zero-order valence-corrected chi connectivity index (χ0v) is 11.2. The molecule has 3 nitrogen and oxygen atoms in total. The molecule has 0 amide bonds. The Labute approximate surface area is 109 Å². The lowest BCUT2D eigenvalue weighted by Crippen LogP contribution is -2.17. The molecule has 2 rings (SSSR count). The van der Waals surface area contributed by atoms with Crippen LogP contribution in [-0.2, 0) is 9.47 Å². The van der Waals surface area contributed by atoms with Crippen LogP contribution in [0.4, 0.5) is 0 Å². The number of benzene rings is 1. The van der Waals surface area contributed by atoms with Crippen LogP contribution in [0.5, 0.6) is 0 Å². The van der Waals surface area contributed by atoms with Crippen molar-refractivity contribution >= 4 is 0 Å². The van der Waals surface area contributed by atoms with Crippen molar-refractivity contribution in [1.82, 2.24) is 0 Å². The summed E-state index contributed by atoms with van der Waals surface area (Å²) in [5.41, 5.74) is 3.23. The second kappa shape index (κ2) is 6.32. The van der Waals surface area contributed by atoms with Crippen molar-refractivity contribution in [3.63, 3.8) is 0 Å². The number of hydrogen-bond acceptors (Lipinski definition) is 3. The molecule has 2 atom stereocenters. The van der Waals surface area contributed by atoms with E-state index in [-0.39, 0.29) is 6.10 Å². The smallest absolute Gasteiger partial charge is 0.103 e. The summed E-state index contributed by atoms with van der Waals surface area (Å²) in [6, 6.07) is 6.11. The Kier molecular flexibility index (Phi) is 4.75. The first-order chi connectivity index (χ1) is 8.66. The fourth-order valence-corrected chi connectivity index (χ4v) is 2.30. The molecule has 18 heavy (non-hydrogen) atoms. The number of rotatable bonds is 5. The third kappa shape index (κ3) is 3.55. The van der Waals surface area contributed by atoms with Gasteiger partial charge in [-0.2, -0.15) is 0 Å². The van der Waals surface area contributed by atoms with Crippen LogP contribution in [0.1, 0.15) is 35.6 Å². The number of hydrogen-bond donors (Lipinski definition) is 1. The summed E-state index contributed by atoms with van der Waals surface area (Å²) in [6.07, 6.45) is 1.86. The normalized spacial score (nSPS) is 21.2. The third-order valence-electron chi connectivity index (χ3n) is 3.40. The Morgan fingerprint density at radius 2 is 2.28 bits per heavy atom. The molecule has 1 aromatic carbocycles. The van der Waals surface area contributed by atoms with E-state index in [2.05, 4.69) is 6.07 Å². The van der Waals surface area contributed by atoms with E-state index in [9.17, 15) is 5.11 Å². The molecule has 100 valence electrons. The van der Waals surface area contributed by atoms with Crippen molar-refractivity contribution in [2.24, 2.45) is 0 Å². The van der Waals surface area contributed by atoms with Gasteiger partial charge in [0, 0.05) is 6.61 Å². The lowest BCUT2D eigenvalue weighted by atomic mass is 10.0. The van der Waals surface area contributed by atoms with E-state index in [0.717, 1.165) is 36.1 Å². The molecule has 0 spiro atoms. The van der Waals surface area contributed by atoms with Gasteiger partial charge in [0.1, 0.15) is 6.10 Å². The molecular weight excluding hydrogens is 228 g/mol. The summed E-state index contributed by atoms with van der Waals surface area (Å²) in [5.74, 6) is 0. The molecular formula is C15H22O3. The largest absolute Gasteiger partial charge is 0.386 e. The van der Waals surface area contributed by atoms with Gasteiger partial charge >= 0.3 is 0 Å². The van der Waals surface area contributed by atoms with E-state index in [1.54, 1.807) is 0 Å². The minimum absolute atomic E-state index is 0.218. The van der Waals surface area contributed by atoms with Crippen molar-refractivity contribution in [3.05, 3.63) is 34.9 Å². The molecule has 0 saturated carbocycles. The van der Waals surface area contributed by atoms with E-state index < -0.39 is 6.10 Å². The first kappa shape index (κ1) is 13.5. The van der Waals surface area contributed by atoms with E-state index in [4.69, 9.17) is 9.47 Å². The van der Waals surface area contributed by atoms with Gasteiger partial charge in [-0.1, -0.05) is 23.8 Å². The molecule has 1 aromatic rings. The second-order valence-electron chi connectivity index (χ2n) is 5.05. The van der Waals surface area contributed by atoms with Gasteiger partial charge in [-0.3, -0.25) is 0 Å². The van der Waals surface area contributed by atoms with E-state index in [1.807, 2.05) is 26.0 Å². The fourth-order valence-electron chi connectivity index (χ4n) is 2.30. The van der Waals surface area contributed by atoms with Crippen LogP contribution in [-0.4, -0.2) is 31.0 Å². The molecule has 1 saturated heterocycles. The maximum atomic E-state index is 10.1. The maximum Gasteiger partial charge on any atom is 0.103 e. The topological polar surface area (TPSA) is 38.7 Å². The lowest BCUT2D eigenvalue weighted by molar-refractivity contribution is -0.0177. The molecule has 3 heteroatoms. The number of ether oxygens (including phenoxy) is 2. The Hall–Kier alpha value is -0.900. The third-order valence-corrected chi connectivity index (χ3v) is 3.40. The summed E-state index contributed by atoms with van der Waals surface area (Å²) in [7, 11) is 0. The quantitative estimate of drug-likeness (QED) is 0.872. The summed E-state index contributed by atoms with van der Waals surface area (Å²) in [4.78, 5) is 0. The van der Waals surface area contributed by atoms with Crippen LogP contribution in [0.25, 0.3) is 0 Å². The first-order valence-electron chi connectivity index (χ1n) is 6.61. The molecule has 2 unspecified atom stereocenters. The second-order valence-corrected chi connectivity index (χ2v) is 5.05. The van der Waals surface area contributed by atoms with E-state index >= 15 is 0 Å². The van der Waals surface area contributed by atoms with Gasteiger partial charge in [-0.25, -0.2) is 0 Å². The summed E-state index contributed by atoms with van der Waals surface area (Å²) in [5, 5.41) is 10.1. The molecule has 1 heterocycles. The molecule has 1 aliphatic rings. The van der Waals surface area contributed by atoms with Crippen LogP contribution in [0.2, 0.25) is 0 Å². The molecule has 1 aliphatic heterocycles. The zero-order chi connectivity index (χ0) is 13.0. The minimum atomic E-state index is -0.550. The highest BCUT2D eigenvalue weighted by molar-refractivity contribution is 5.32. The lowest BCUT2D eigenvalue weighted by Gasteiger charge is -2.16. The highest BCUT2D eigenvalue weighted by atomic mass is 16.5. The van der Waals surface area contributed by atoms with Gasteiger partial charge in [0.2, 0.25) is 0 Å². The molecule has 1 N–H and O–H groups in total. The highest BCUT2D eigenvalue weighted by Crippen LogP contribution is 2.20. The van der Waals surface area contributed by atoms with Gasteiger partial charge in [0.15, 0.2) is 0 Å². The first-order valence-corrected chi connectivity index (χ1v) is 6.61. The Bertz CT molecular complexity index is 383. The van der Waals surface area contributed by atoms with Gasteiger partial charge in [-0.15, -0.1) is 0 Å². The van der Waals surface area contributed by atoms with Crippen LogP contribution >= 0.6 is 0 Å². The summed E-state index contributed by atoms with van der Waals surface area (Å²) in [6.45, 7) is 5.81. The molecule has 0 aromatic heterocycles. The number of aliphatic hydroxyl groups is 1. The van der Waals surface area contributed by atoms with Crippen LogP contribution in [0.3, 0.4) is 0 Å². The van der Waals surface area contributed by atoms with Crippen molar-refractivity contribution in [1.29, 1.82) is 0 Å². The van der Waals surface area contributed by atoms with E-state index in [1.165, 1.54) is 0 Å². The maximum absolute atomic E-state index is 10.1. The molecule has 1 fully saturated rings. The van der Waals surface area contributed by atoms with Gasteiger partial charge < -0.3 is 14.6 Å². The predicted octanol–water partition coefficient (Wildman–Crippen LogP) is 2.53. The van der Waals surface area contributed by atoms with Crippen molar-refractivity contribution in [3.8, 4) is 0 Å².